The fourth-order valence-corrected chi connectivity index (χ4v) is 1.79. The molecule has 1 rings (SSSR count). The first-order chi connectivity index (χ1) is 8.95. The van der Waals surface area contributed by atoms with Crippen molar-refractivity contribution in [2.24, 2.45) is 0 Å². The van der Waals surface area contributed by atoms with Gasteiger partial charge in [-0.25, -0.2) is 0 Å². The number of aliphatic hydroxyl groups excluding tert-OH is 2. The van der Waals surface area contributed by atoms with Crippen LogP contribution in [0, 0.1) is 18.3 Å². The number of aryl methyl sites for hydroxylation is 1. The number of nitrogens with zero attached hydrogens (tertiary/aromatic N) is 1. The number of nitrogens with one attached hydrogen (secondary N) is 1. The second-order valence-electron chi connectivity index (χ2n) is 4.47. The summed E-state index contributed by atoms with van der Waals surface area (Å²) in [5.74, 6) is -0.177. The molecule has 1 aromatic rings. The molecule has 0 radical (unpaired) electrons. The number of amides is 1. The van der Waals surface area contributed by atoms with E-state index in [0.717, 1.165) is 5.56 Å². The highest BCUT2D eigenvalue weighted by Crippen LogP contribution is 2.23. The Balaban J connectivity index is 2.73. The lowest BCUT2D eigenvalue weighted by Crippen LogP contribution is -2.28. The maximum absolute atomic E-state index is 10.7. The Kier molecular flexibility index (Phi) is 5.49. The monoisotopic (exact) mass is 262 g/mol. The van der Waals surface area contributed by atoms with Crippen LogP contribution < -0.4 is 5.32 Å². The quantitative estimate of drug-likeness (QED) is 0.731. The van der Waals surface area contributed by atoms with Crippen LogP contribution in [-0.4, -0.2) is 28.8 Å². The van der Waals surface area contributed by atoms with Crippen LogP contribution in [0.3, 0.4) is 0 Å². The van der Waals surface area contributed by atoms with Gasteiger partial charge >= 0.3 is 0 Å². The highest BCUT2D eigenvalue weighted by molar-refractivity contribution is 5.72. The lowest BCUT2D eigenvalue weighted by molar-refractivity contribution is -0.119. The Labute approximate surface area is 112 Å². The van der Waals surface area contributed by atoms with E-state index in [2.05, 4.69) is 5.32 Å². The molecule has 0 saturated carbocycles. The van der Waals surface area contributed by atoms with E-state index in [1.54, 1.807) is 25.1 Å². The minimum atomic E-state index is -1.07. The van der Waals surface area contributed by atoms with Crippen molar-refractivity contribution in [2.45, 2.75) is 32.5 Å². The van der Waals surface area contributed by atoms with Crippen molar-refractivity contribution < 1.29 is 15.0 Å². The first-order valence-corrected chi connectivity index (χ1v) is 6.07. The van der Waals surface area contributed by atoms with Crippen LogP contribution in [-0.2, 0) is 4.79 Å². The fraction of sp³-hybridized carbons (Fsp3) is 0.429. The summed E-state index contributed by atoms with van der Waals surface area (Å²) < 4.78 is 0. The summed E-state index contributed by atoms with van der Waals surface area (Å²) in [6.07, 6.45) is -1.81. The fourth-order valence-electron chi connectivity index (χ4n) is 1.79. The summed E-state index contributed by atoms with van der Waals surface area (Å²) in [6.45, 7) is 3.49. The summed E-state index contributed by atoms with van der Waals surface area (Å²) in [6, 6.07) is 6.96. The molecule has 0 spiro atoms. The molecule has 5 nitrogen and oxygen atoms in total. The number of hydrogen-bond acceptors (Lipinski definition) is 4. The van der Waals surface area contributed by atoms with Crippen molar-refractivity contribution in [3.63, 3.8) is 0 Å². The van der Waals surface area contributed by atoms with E-state index in [4.69, 9.17) is 5.26 Å². The molecule has 1 aromatic carbocycles. The molecular weight excluding hydrogens is 244 g/mol. The van der Waals surface area contributed by atoms with E-state index in [9.17, 15) is 15.0 Å². The van der Waals surface area contributed by atoms with Crippen molar-refractivity contribution in [2.75, 3.05) is 6.54 Å². The number of hydrogen-bond donors (Lipinski definition) is 3. The van der Waals surface area contributed by atoms with E-state index in [-0.39, 0.29) is 12.3 Å². The number of carbonyl (C=O) groups is 1. The van der Waals surface area contributed by atoms with Crippen molar-refractivity contribution in [1.29, 1.82) is 5.26 Å². The molecule has 0 fully saturated rings. The highest BCUT2D eigenvalue weighted by atomic mass is 16.3. The summed E-state index contributed by atoms with van der Waals surface area (Å²) >= 11 is 0. The number of aliphatic hydroxyl groups is 2. The third-order valence-corrected chi connectivity index (χ3v) is 2.91. The molecule has 2 atom stereocenters. The molecule has 0 aliphatic rings. The van der Waals surface area contributed by atoms with Crippen LogP contribution in [0.5, 0.6) is 0 Å². The molecule has 102 valence electrons. The van der Waals surface area contributed by atoms with Crippen LogP contribution in [0.4, 0.5) is 0 Å². The highest BCUT2D eigenvalue weighted by Gasteiger charge is 2.20. The molecule has 0 bridgehead atoms. The minimum Gasteiger partial charge on any atom is -0.390 e. The Bertz CT molecular complexity index is 494. The van der Waals surface area contributed by atoms with Crippen molar-refractivity contribution in [3.8, 4) is 6.07 Å². The molecule has 1 amide bonds. The van der Waals surface area contributed by atoms with Crippen LogP contribution in [0.15, 0.2) is 18.2 Å². The molecule has 0 aliphatic carbocycles. The maximum atomic E-state index is 10.7. The summed E-state index contributed by atoms with van der Waals surface area (Å²) in [5.41, 5.74) is 1.79. The Morgan fingerprint density at radius 1 is 1.47 bits per heavy atom. The molecule has 5 heteroatoms. The summed E-state index contributed by atoms with van der Waals surface area (Å²) in [4.78, 5) is 10.7. The topological polar surface area (TPSA) is 93.3 Å². The zero-order valence-electron chi connectivity index (χ0n) is 11.1. The van der Waals surface area contributed by atoms with Gasteiger partial charge in [0.25, 0.3) is 0 Å². The third kappa shape index (κ3) is 4.36. The molecule has 0 heterocycles. The van der Waals surface area contributed by atoms with Crippen molar-refractivity contribution in [3.05, 3.63) is 34.9 Å². The van der Waals surface area contributed by atoms with Gasteiger partial charge in [-0.3, -0.25) is 4.79 Å². The summed E-state index contributed by atoms with van der Waals surface area (Å²) in [7, 11) is 0. The van der Waals surface area contributed by atoms with E-state index in [1.165, 1.54) is 6.92 Å². The smallest absolute Gasteiger partial charge is 0.216 e. The zero-order valence-corrected chi connectivity index (χ0v) is 11.1. The van der Waals surface area contributed by atoms with Gasteiger partial charge in [0.2, 0.25) is 5.91 Å². The maximum Gasteiger partial charge on any atom is 0.216 e. The second-order valence-corrected chi connectivity index (χ2v) is 4.47. The van der Waals surface area contributed by atoms with Crippen molar-refractivity contribution >= 4 is 5.91 Å². The SMILES string of the molecule is CC(=O)NCCC(O)C(O)c1cc(C#N)ccc1C. The summed E-state index contributed by atoms with van der Waals surface area (Å²) in [5, 5.41) is 31.4. The number of carbonyl (C=O) groups excluding carboxylic acids is 1. The minimum absolute atomic E-state index is 0.177. The van der Waals surface area contributed by atoms with Gasteiger partial charge in [-0.15, -0.1) is 0 Å². The predicted molar refractivity (Wildman–Crippen MR) is 70.2 cm³/mol. The molecule has 19 heavy (non-hydrogen) atoms. The normalized spacial score (nSPS) is 13.4. The van der Waals surface area contributed by atoms with Crippen molar-refractivity contribution in [1.82, 2.24) is 5.32 Å². The van der Waals surface area contributed by atoms with E-state index in [1.807, 2.05) is 6.07 Å². The van der Waals surface area contributed by atoms with Gasteiger partial charge in [0.05, 0.1) is 17.7 Å². The average molecular weight is 262 g/mol. The molecule has 3 N–H and O–H groups in total. The molecule has 0 aromatic heterocycles. The first kappa shape index (κ1) is 15.2. The molecule has 0 saturated heterocycles. The van der Waals surface area contributed by atoms with Gasteiger partial charge in [0, 0.05) is 13.5 Å². The van der Waals surface area contributed by atoms with E-state index < -0.39 is 12.2 Å². The van der Waals surface area contributed by atoms with Gasteiger partial charge in [-0.2, -0.15) is 5.26 Å². The molecule has 0 aliphatic heterocycles. The van der Waals surface area contributed by atoms with Crippen LogP contribution in [0.25, 0.3) is 0 Å². The van der Waals surface area contributed by atoms with Gasteiger partial charge in [-0.05, 0) is 36.6 Å². The van der Waals surface area contributed by atoms with Gasteiger partial charge < -0.3 is 15.5 Å². The van der Waals surface area contributed by atoms with E-state index in [0.29, 0.717) is 17.7 Å². The number of benzene rings is 1. The molecule has 2 unspecified atom stereocenters. The molecular formula is C14H18N2O3. The van der Waals surface area contributed by atoms with Gasteiger partial charge in [0.1, 0.15) is 6.10 Å². The average Bonchev–Trinajstić information content (AvgIpc) is 2.38. The number of rotatable bonds is 5. The lowest BCUT2D eigenvalue weighted by Gasteiger charge is -2.20. The number of nitriles is 1. The first-order valence-electron chi connectivity index (χ1n) is 6.07. The Morgan fingerprint density at radius 2 is 2.16 bits per heavy atom. The van der Waals surface area contributed by atoms with Gasteiger partial charge in [-0.1, -0.05) is 6.07 Å². The zero-order chi connectivity index (χ0) is 14.4. The standard InChI is InChI=1S/C14H18N2O3/c1-9-3-4-11(8-15)7-12(9)14(19)13(18)5-6-16-10(2)17/h3-4,7,13-14,18-19H,5-6H2,1-2H3,(H,16,17). The Morgan fingerprint density at radius 3 is 2.74 bits per heavy atom. The van der Waals surface area contributed by atoms with Gasteiger partial charge in [0.15, 0.2) is 0 Å². The predicted octanol–water partition coefficient (Wildman–Crippen LogP) is 0.787. The third-order valence-electron chi connectivity index (χ3n) is 2.91. The largest absolute Gasteiger partial charge is 0.390 e. The second kappa shape index (κ2) is 6.88. The Hall–Kier alpha value is -1.90. The van der Waals surface area contributed by atoms with Crippen LogP contribution in [0.1, 0.15) is 36.1 Å². The van der Waals surface area contributed by atoms with Crippen LogP contribution in [0.2, 0.25) is 0 Å². The van der Waals surface area contributed by atoms with Crippen LogP contribution >= 0.6 is 0 Å². The lowest BCUT2D eigenvalue weighted by atomic mass is 9.96. The van der Waals surface area contributed by atoms with E-state index >= 15 is 0 Å².